The van der Waals surface area contributed by atoms with Crippen molar-refractivity contribution in [3.05, 3.63) is 87.2 Å². The molecule has 14 heteroatoms. The number of rotatable bonds is 7. The summed E-state index contributed by atoms with van der Waals surface area (Å²) in [4.78, 5) is 42.4. The number of primary amides is 2. The van der Waals surface area contributed by atoms with E-state index in [1.807, 2.05) is 0 Å². The van der Waals surface area contributed by atoms with Crippen LogP contribution in [0, 0.1) is 10.1 Å². The maximum atomic E-state index is 11.6. The van der Waals surface area contributed by atoms with E-state index in [0.29, 0.717) is 38.5 Å². The summed E-state index contributed by atoms with van der Waals surface area (Å²) in [6, 6.07) is 13.1. The number of benzene rings is 2. The molecule has 204 valence electrons. The first-order valence-electron chi connectivity index (χ1n) is 11.2. The summed E-state index contributed by atoms with van der Waals surface area (Å²) in [5.74, 6) is -0.398. The van der Waals surface area contributed by atoms with Gasteiger partial charge < -0.3 is 20.9 Å². The Kier molecular flexibility index (Phi) is 8.67. The fourth-order valence-electron chi connectivity index (χ4n) is 3.67. The van der Waals surface area contributed by atoms with Crippen LogP contribution >= 0.6 is 34.7 Å². The summed E-state index contributed by atoms with van der Waals surface area (Å²) < 4.78 is 11.0. The number of hydrogen-bond acceptors (Lipinski definition) is 10. The molecule has 0 spiro atoms. The van der Waals surface area contributed by atoms with Crippen LogP contribution in [0.5, 0.6) is 11.5 Å². The summed E-state index contributed by atoms with van der Waals surface area (Å²) >= 11 is 8.46. The molecule has 5 rings (SSSR count). The highest BCUT2D eigenvalue weighted by molar-refractivity contribution is 8.01. The van der Waals surface area contributed by atoms with Gasteiger partial charge in [0.15, 0.2) is 0 Å². The lowest BCUT2D eigenvalue weighted by atomic mass is 10.1. The third-order valence-electron chi connectivity index (χ3n) is 5.52. The van der Waals surface area contributed by atoms with Crippen molar-refractivity contribution in [2.24, 2.45) is 11.5 Å². The van der Waals surface area contributed by atoms with Gasteiger partial charge in [-0.1, -0.05) is 34.7 Å². The van der Waals surface area contributed by atoms with Crippen LogP contribution in [-0.2, 0) is 0 Å². The van der Waals surface area contributed by atoms with Gasteiger partial charge in [-0.3, -0.25) is 29.7 Å². The van der Waals surface area contributed by atoms with Gasteiger partial charge in [0.25, 0.3) is 11.8 Å². The summed E-state index contributed by atoms with van der Waals surface area (Å²) in [6.07, 6.45) is 3.23. The Labute approximate surface area is 240 Å². The van der Waals surface area contributed by atoms with Gasteiger partial charge in [0.1, 0.15) is 11.5 Å². The smallest absolute Gasteiger partial charge is 0.325 e. The number of thiophene rings is 1. The lowest BCUT2D eigenvalue weighted by molar-refractivity contribution is -0.380. The van der Waals surface area contributed by atoms with Crippen LogP contribution in [0.25, 0.3) is 21.8 Å². The van der Waals surface area contributed by atoms with E-state index in [9.17, 15) is 19.7 Å². The Morgan fingerprint density at radius 3 is 1.98 bits per heavy atom. The molecule has 0 radical (unpaired) electrons. The molecule has 40 heavy (non-hydrogen) atoms. The number of nitro groups is 1. The van der Waals surface area contributed by atoms with Crippen molar-refractivity contribution < 1.29 is 24.0 Å². The van der Waals surface area contributed by atoms with Crippen molar-refractivity contribution in [2.45, 2.75) is 9.10 Å². The standard InChI is InChI=1S/C15H11N3O4S2.C11H9ClN2O2/c1-22-11-7-10-8(6-9(11)15(16)19)12(4-5-17-10)23-14-3-2-13(24-14)18(20)21;1-16-10-5-9-6(4-7(10)11(13)15)8(12)2-3-14-9/h2-7H,1H3,(H2,16,19);2-5H,1H3,(H2,13,15). The van der Waals surface area contributed by atoms with Crippen LogP contribution in [0.4, 0.5) is 5.00 Å². The number of hydrogen-bond donors (Lipinski definition) is 2. The Morgan fingerprint density at radius 1 is 0.900 bits per heavy atom. The maximum absolute atomic E-state index is 11.6. The highest BCUT2D eigenvalue weighted by Crippen LogP contribution is 2.40. The van der Waals surface area contributed by atoms with Crippen molar-refractivity contribution in [3.63, 3.8) is 0 Å². The molecular weight excluding hydrogens is 578 g/mol. The van der Waals surface area contributed by atoms with Crippen LogP contribution in [0.2, 0.25) is 5.02 Å². The number of amides is 2. The minimum Gasteiger partial charge on any atom is -0.496 e. The predicted octanol–water partition coefficient (Wildman–Crippen LogP) is 5.46. The number of nitrogens with zero attached hydrogens (tertiary/aromatic N) is 3. The second-order valence-electron chi connectivity index (χ2n) is 7.92. The molecule has 2 aromatic carbocycles. The Morgan fingerprint density at radius 2 is 1.45 bits per heavy atom. The summed E-state index contributed by atoms with van der Waals surface area (Å²) in [7, 11) is 2.93. The van der Waals surface area contributed by atoms with E-state index >= 15 is 0 Å². The fraction of sp³-hybridized carbons (Fsp3) is 0.0769. The number of ether oxygens (including phenoxy) is 2. The zero-order valence-corrected chi connectivity index (χ0v) is 23.3. The van der Waals surface area contributed by atoms with Gasteiger partial charge in [-0.15, -0.1) is 0 Å². The SMILES string of the molecule is COc1cc2nccc(Cl)c2cc1C(N)=O.COc1cc2nccc(Sc3ccc([N+](=O)[O-])s3)c2cc1C(N)=O. The maximum Gasteiger partial charge on any atom is 0.325 e. The Bertz CT molecular complexity index is 1780. The molecule has 2 amide bonds. The summed E-state index contributed by atoms with van der Waals surface area (Å²) in [5, 5.41) is 12.8. The lowest BCUT2D eigenvalue weighted by Gasteiger charge is -2.09. The third kappa shape index (κ3) is 6.06. The molecule has 0 aliphatic heterocycles. The van der Waals surface area contributed by atoms with Crippen molar-refractivity contribution >= 4 is 73.3 Å². The summed E-state index contributed by atoms with van der Waals surface area (Å²) in [6.45, 7) is 0. The molecule has 0 unspecified atom stereocenters. The normalized spacial score (nSPS) is 10.6. The zero-order chi connectivity index (χ0) is 29.0. The number of fused-ring (bicyclic) bond motifs is 2. The largest absolute Gasteiger partial charge is 0.496 e. The van der Waals surface area contributed by atoms with Crippen molar-refractivity contribution in [1.82, 2.24) is 9.97 Å². The molecule has 3 aromatic heterocycles. The first-order chi connectivity index (χ1) is 19.1. The van der Waals surface area contributed by atoms with Crippen molar-refractivity contribution in [3.8, 4) is 11.5 Å². The van der Waals surface area contributed by atoms with E-state index in [-0.39, 0.29) is 10.6 Å². The van der Waals surface area contributed by atoms with E-state index in [1.54, 1.807) is 54.9 Å². The molecule has 0 bridgehead atoms. The zero-order valence-electron chi connectivity index (χ0n) is 20.9. The molecule has 11 nitrogen and oxygen atoms in total. The molecule has 0 fully saturated rings. The first-order valence-corrected chi connectivity index (χ1v) is 13.2. The number of halogens is 1. The molecule has 5 aromatic rings. The monoisotopic (exact) mass is 597 g/mol. The average molecular weight is 598 g/mol. The lowest BCUT2D eigenvalue weighted by Crippen LogP contribution is -2.12. The van der Waals surface area contributed by atoms with E-state index < -0.39 is 16.7 Å². The van der Waals surface area contributed by atoms with Crippen LogP contribution in [0.15, 0.2) is 70.0 Å². The number of nitrogens with two attached hydrogens (primary N) is 2. The molecule has 0 aliphatic rings. The number of carbonyl (C=O) groups is 2. The predicted molar refractivity (Wildman–Crippen MR) is 154 cm³/mol. The van der Waals surface area contributed by atoms with Gasteiger partial charge in [-0.25, -0.2) is 0 Å². The molecule has 4 N–H and O–H groups in total. The van der Waals surface area contributed by atoms with E-state index in [0.717, 1.165) is 25.8 Å². The molecule has 0 atom stereocenters. The average Bonchev–Trinajstić information content (AvgIpc) is 3.41. The van der Waals surface area contributed by atoms with Crippen molar-refractivity contribution in [1.29, 1.82) is 0 Å². The topological polar surface area (TPSA) is 174 Å². The highest BCUT2D eigenvalue weighted by atomic mass is 35.5. The molecule has 0 saturated heterocycles. The minimum absolute atomic E-state index is 0.0790. The highest BCUT2D eigenvalue weighted by Gasteiger charge is 2.16. The van der Waals surface area contributed by atoms with Gasteiger partial charge in [-0.05, 0) is 30.3 Å². The number of carbonyl (C=O) groups excluding carboxylic acids is 2. The fourth-order valence-corrected chi connectivity index (χ4v) is 5.88. The van der Waals surface area contributed by atoms with Gasteiger partial charge in [-0.2, -0.15) is 0 Å². The number of aromatic nitrogens is 2. The first kappa shape index (κ1) is 28.5. The van der Waals surface area contributed by atoms with Gasteiger partial charge in [0, 0.05) is 46.3 Å². The van der Waals surface area contributed by atoms with E-state index in [1.165, 1.54) is 32.0 Å². The second kappa shape index (κ2) is 12.2. The second-order valence-corrected chi connectivity index (χ2v) is 10.7. The Hall–Kier alpha value is -4.46. The molecule has 0 saturated carbocycles. The van der Waals surface area contributed by atoms with Crippen LogP contribution in [-0.4, -0.2) is 40.9 Å². The van der Waals surface area contributed by atoms with Crippen LogP contribution < -0.4 is 20.9 Å². The van der Waals surface area contributed by atoms with Crippen LogP contribution in [0.3, 0.4) is 0 Å². The number of methoxy groups -OCH3 is 2. The quantitative estimate of drug-likeness (QED) is 0.182. The van der Waals surface area contributed by atoms with Crippen molar-refractivity contribution in [2.75, 3.05) is 14.2 Å². The van der Waals surface area contributed by atoms with Crippen LogP contribution in [0.1, 0.15) is 20.7 Å². The van der Waals surface area contributed by atoms with Gasteiger partial charge in [0.2, 0.25) is 0 Å². The third-order valence-corrected chi connectivity index (χ3v) is 8.10. The Balaban J connectivity index is 0.000000201. The molecule has 3 heterocycles. The van der Waals surface area contributed by atoms with Gasteiger partial charge in [0.05, 0.1) is 50.5 Å². The minimum atomic E-state index is -0.597. The van der Waals surface area contributed by atoms with Gasteiger partial charge >= 0.3 is 5.00 Å². The number of pyridine rings is 2. The molecular formula is C26H20ClN5O6S2. The molecule has 0 aliphatic carbocycles. The van der Waals surface area contributed by atoms with E-state index in [4.69, 9.17) is 32.5 Å². The summed E-state index contributed by atoms with van der Waals surface area (Å²) in [5.41, 5.74) is 12.5. The van der Waals surface area contributed by atoms with E-state index in [2.05, 4.69) is 9.97 Å².